The van der Waals surface area contributed by atoms with Crippen molar-refractivity contribution in [1.82, 2.24) is 9.55 Å². The van der Waals surface area contributed by atoms with E-state index in [0.29, 0.717) is 5.92 Å². The topological polar surface area (TPSA) is 17.8 Å². The second-order valence-corrected chi connectivity index (χ2v) is 6.84. The van der Waals surface area contributed by atoms with E-state index in [1.807, 2.05) is 42.5 Å². The fourth-order valence-electron chi connectivity index (χ4n) is 2.63. The molecule has 0 saturated heterocycles. The van der Waals surface area contributed by atoms with Crippen molar-refractivity contribution in [1.29, 1.82) is 0 Å². The van der Waals surface area contributed by atoms with Crippen molar-refractivity contribution in [2.24, 2.45) is 5.92 Å². The number of nitrogens with zero attached hydrogens (tertiary/aromatic N) is 2. The van der Waals surface area contributed by atoms with Gasteiger partial charge < -0.3 is 4.57 Å². The van der Waals surface area contributed by atoms with Crippen molar-refractivity contribution in [3.05, 3.63) is 63.9 Å². The van der Waals surface area contributed by atoms with Crippen molar-refractivity contribution in [2.45, 2.75) is 26.8 Å². The summed E-state index contributed by atoms with van der Waals surface area (Å²) in [5, 5.41) is 1.50. The Morgan fingerprint density at radius 1 is 1.00 bits per heavy atom. The van der Waals surface area contributed by atoms with Gasteiger partial charge in [0.15, 0.2) is 0 Å². The molecule has 0 fully saturated rings. The number of fused-ring (bicyclic) bond motifs is 1. The molecule has 0 aliphatic carbocycles. The molecule has 0 saturated carbocycles. The van der Waals surface area contributed by atoms with Crippen LogP contribution in [0.1, 0.15) is 25.2 Å². The number of halogens is 2. The molecule has 1 aromatic heterocycles. The highest BCUT2D eigenvalue weighted by atomic mass is 35.5. The van der Waals surface area contributed by atoms with Gasteiger partial charge in [-0.1, -0.05) is 49.2 Å². The van der Waals surface area contributed by atoms with E-state index in [9.17, 15) is 0 Å². The minimum atomic E-state index is 0.542. The molecule has 0 radical (unpaired) electrons. The van der Waals surface area contributed by atoms with Gasteiger partial charge >= 0.3 is 0 Å². The lowest BCUT2D eigenvalue weighted by Crippen LogP contribution is -2.09. The van der Waals surface area contributed by atoms with Crippen LogP contribution < -0.4 is 0 Å². The smallest absolute Gasteiger partial charge is 0.114 e. The van der Waals surface area contributed by atoms with Crippen LogP contribution in [0.2, 0.25) is 10.0 Å². The first-order valence-electron chi connectivity index (χ1n) is 7.42. The Hall–Kier alpha value is -1.51. The number of rotatable bonds is 4. The van der Waals surface area contributed by atoms with Gasteiger partial charge in [0.25, 0.3) is 0 Å². The van der Waals surface area contributed by atoms with E-state index < -0.39 is 0 Å². The molecule has 0 bridgehead atoms. The van der Waals surface area contributed by atoms with E-state index in [1.165, 1.54) is 5.56 Å². The third-order valence-electron chi connectivity index (χ3n) is 3.61. The van der Waals surface area contributed by atoms with E-state index in [2.05, 4.69) is 18.4 Å². The maximum Gasteiger partial charge on any atom is 0.114 e. The molecular formula is C18H18Cl2N2. The van der Waals surface area contributed by atoms with E-state index in [-0.39, 0.29) is 0 Å². The first-order valence-corrected chi connectivity index (χ1v) is 8.17. The molecule has 0 aliphatic rings. The summed E-state index contributed by atoms with van der Waals surface area (Å²) in [5.41, 5.74) is 3.30. The van der Waals surface area contributed by atoms with E-state index in [4.69, 9.17) is 28.2 Å². The highest BCUT2D eigenvalue weighted by Gasteiger charge is 2.13. The molecule has 4 heteroatoms. The average molecular weight is 333 g/mol. The van der Waals surface area contributed by atoms with Crippen LogP contribution in [-0.4, -0.2) is 9.55 Å². The summed E-state index contributed by atoms with van der Waals surface area (Å²) in [5.74, 6) is 1.61. The van der Waals surface area contributed by atoms with Crippen molar-refractivity contribution < 1.29 is 0 Å². The Morgan fingerprint density at radius 3 is 2.36 bits per heavy atom. The summed E-state index contributed by atoms with van der Waals surface area (Å²) in [4.78, 5) is 4.80. The van der Waals surface area contributed by atoms with Crippen molar-refractivity contribution in [2.75, 3.05) is 0 Å². The first-order chi connectivity index (χ1) is 10.5. The minimum absolute atomic E-state index is 0.542. The molecule has 2 aromatic carbocycles. The zero-order valence-corrected chi connectivity index (χ0v) is 14.2. The van der Waals surface area contributed by atoms with Gasteiger partial charge in [-0.25, -0.2) is 4.98 Å². The van der Waals surface area contributed by atoms with Gasteiger partial charge in [-0.05, 0) is 41.8 Å². The minimum Gasteiger partial charge on any atom is -0.327 e. The second-order valence-electron chi connectivity index (χ2n) is 5.97. The summed E-state index contributed by atoms with van der Waals surface area (Å²) in [6, 6.07) is 13.8. The maximum absolute atomic E-state index is 6.16. The van der Waals surface area contributed by atoms with Crippen molar-refractivity contribution in [3.8, 4) is 0 Å². The molecule has 22 heavy (non-hydrogen) atoms. The summed E-state index contributed by atoms with van der Waals surface area (Å²) in [6.45, 7) is 5.35. The Balaban J connectivity index is 2.05. The van der Waals surface area contributed by atoms with Crippen LogP contribution in [0.25, 0.3) is 11.0 Å². The first kappa shape index (κ1) is 15.4. The average Bonchev–Trinajstić information content (AvgIpc) is 2.78. The van der Waals surface area contributed by atoms with Crippen LogP contribution in [0.3, 0.4) is 0 Å². The van der Waals surface area contributed by atoms with Crippen molar-refractivity contribution >= 4 is 34.2 Å². The zero-order valence-electron chi connectivity index (χ0n) is 12.7. The molecule has 0 unspecified atom stereocenters. The quantitative estimate of drug-likeness (QED) is 0.608. The van der Waals surface area contributed by atoms with Gasteiger partial charge in [-0.15, -0.1) is 0 Å². The van der Waals surface area contributed by atoms with E-state index in [0.717, 1.165) is 39.9 Å². The van der Waals surface area contributed by atoms with Crippen LogP contribution >= 0.6 is 23.2 Å². The van der Waals surface area contributed by atoms with Crippen LogP contribution in [0.15, 0.2) is 42.5 Å². The highest BCUT2D eigenvalue weighted by molar-refractivity contribution is 6.31. The van der Waals surface area contributed by atoms with Gasteiger partial charge in [-0.3, -0.25) is 0 Å². The number of imidazole rings is 1. The van der Waals surface area contributed by atoms with Gasteiger partial charge in [0.05, 0.1) is 11.0 Å². The molecule has 0 atom stereocenters. The molecule has 3 aromatic rings. The van der Waals surface area contributed by atoms with Gasteiger partial charge in [-0.2, -0.15) is 0 Å². The third-order valence-corrected chi connectivity index (χ3v) is 4.10. The standard InChI is InChI=1S/C18H18Cl2N2/c1-12(2)11-22-17-10-15(20)7-8-16(17)21-18(22)9-13-3-5-14(19)6-4-13/h3-8,10,12H,9,11H2,1-2H3. The zero-order chi connectivity index (χ0) is 15.7. The summed E-state index contributed by atoms with van der Waals surface area (Å²) >= 11 is 12.1. The monoisotopic (exact) mass is 332 g/mol. The Morgan fingerprint density at radius 2 is 1.68 bits per heavy atom. The molecule has 2 nitrogen and oxygen atoms in total. The lowest BCUT2D eigenvalue weighted by atomic mass is 10.1. The molecule has 0 N–H and O–H groups in total. The van der Waals surface area contributed by atoms with Gasteiger partial charge in [0.1, 0.15) is 5.82 Å². The Labute approximate surface area is 140 Å². The largest absolute Gasteiger partial charge is 0.327 e. The molecule has 114 valence electrons. The molecule has 1 heterocycles. The van der Waals surface area contributed by atoms with Crippen LogP contribution in [0, 0.1) is 5.92 Å². The van der Waals surface area contributed by atoms with E-state index in [1.54, 1.807) is 0 Å². The fraction of sp³-hybridized carbons (Fsp3) is 0.278. The molecule has 0 aliphatic heterocycles. The van der Waals surface area contributed by atoms with Crippen LogP contribution in [0.4, 0.5) is 0 Å². The van der Waals surface area contributed by atoms with Gasteiger partial charge in [0.2, 0.25) is 0 Å². The SMILES string of the molecule is CC(C)Cn1c(Cc2ccc(Cl)cc2)nc2ccc(Cl)cc21. The van der Waals surface area contributed by atoms with Gasteiger partial charge in [0, 0.05) is 23.0 Å². The Bertz CT molecular complexity index is 789. The maximum atomic E-state index is 6.16. The molecule has 0 amide bonds. The third kappa shape index (κ3) is 3.29. The summed E-state index contributed by atoms with van der Waals surface area (Å²) in [7, 11) is 0. The summed E-state index contributed by atoms with van der Waals surface area (Å²) in [6.07, 6.45) is 0.788. The predicted octanol–water partition coefficient (Wildman–Crippen LogP) is 5.59. The number of hydrogen-bond donors (Lipinski definition) is 0. The lowest BCUT2D eigenvalue weighted by Gasteiger charge is -2.12. The number of hydrogen-bond acceptors (Lipinski definition) is 1. The lowest BCUT2D eigenvalue weighted by molar-refractivity contribution is 0.520. The van der Waals surface area contributed by atoms with Crippen LogP contribution in [-0.2, 0) is 13.0 Å². The second kappa shape index (κ2) is 6.31. The van der Waals surface area contributed by atoms with Crippen molar-refractivity contribution in [3.63, 3.8) is 0 Å². The van der Waals surface area contributed by atoms with Crippen LogP contribution in [0.5, 0.6) is 0 Å². The normalized spacial score (nSPS) is 11.5. The molecular weight excluding hydrogens is 315 g/mol. The highest BCUT2D eigenvalue weighted by Crippen LogP contribution is 2.23. The molecule has 3 rings (SSSR count). The molecule has 0 spiro atoms. The van der Waals surface area contributed by atoms with E-state index >= 15 is 0 Å². The Kier molecular flexibility index (Phi) is 4.42. The number of benzene rings is 2. The summed E-state index contributed by atoms with van der Waals surface area (Å²) < 4.78 is 2.28. The predicted molar refractivity (Wildman–Crippen MR) is 93.8 cm³/mol. The fourth-order valence-corrected chi connectivity index (χ4v) is 2.93. The number of aromatic nitrogens is 2.